The number of nitrogens with zero attached hydrogens (tertiary/aromatic N) is 2. The first kappa shape index (κ1) is 21.2. The van der Waals surface area contributed by atoms with Crippen LogP contribution in [0.25, 0.3) is 11.0 Å². The van der Waals surface area contributed by atoms with E-state index in [4.69, 9.17) is 5.14 Å². The fourth-order valence-electron chi connectivity index (χ4n) is 2.35. The Balaban J connectivity index is 2.25. The van der Waals surface area contributed by atoms with Crippen LogP contribution in [0, 0.1) is 0 Å². The molecule has 1 heterocycles. The molecule has 0 atom stereocenters. The van der Waals surface area contributed by atoms with Crippen molar-refractivity contribution < 1.29 is 22.7 Å². The first-order valence-corrected chi connectivity index (χ1v) is 10.9. The Morgan fingerprint density at radius 2 is 2.07 bits per heavy atom. The van der Waals surface area contributed by atoms with Crippen molar-refractivity contribution >= 4 is 44.8 Å². The number of carbonyl (C=O) groups is 2. The Morgan fingerprint density at radius 3 is 2.70 bits per heavy atom. The number of amides is 2. The molecule has 27 heavy (non-hydrogen) atoms. The molecule has 0 radical (unpaired) electrons. The largest absolute Gasteiger partial charge is 0.450 e. The first-order chi connectivity index (χ1) is 12.8. The van der Waals surface area contributed by atoms with Crippen LogP contribution in [0.5, 0.6) is 0 Å². The second-order valence-corrected chi connectivity index (χ2v) is 8.16. The molecular weight excluding hydrogens is 392 g/mol. The van der Waals surface area contributed by atoms with Crippen molar-refractivity contribution in [1.29, 1.82) is 0 Å². The number of aryl methyl sites for hydroxylation is 1. The molecule has 1 aromatic carbocycles. The SMILES string of the molecule is CCCCn1c(SCC(=O)NC(=O)OCC)nc2cc(S(N)(=O)=O)ccc21. The minimum Gasteiger partial charge on any atom is -0.450 e. The summed E-state index contributed by atoms with van der Waals surface area (Å²) in [5.41, 5.74) is 1.23. The number of rotatable bonds is 8. The Labute approximate surface area is 161 Å². The van der Waals surface area contributed by atoms with Gasteiger partial charge in [-0.3, -0.25) is 10.1 Å². The van der Waals surface area contributed by atoms with E-state index in [1.54, 1.807) is 13.0 Å². The number of nitrogens with two attached hydrogens (primary N) is 1. The highest BCUT2D eigenvalue weighted by atomic mass is 32.2. The minimum absolute atomic E-state index is 0.0215. The van der Waals surface area contributed by atoms with E-state index in [1.807, 2.05) is 4.57 Å². The molecule has 1 aromatic heterocycles. The second-order valence-electron chi connectivity index (χ2n) is 5.65. The Hall–Kier alpha value is -2.11. The van der Waals surface area contributed by atoms with Gasteiger partial charge >= 0.3 is 6.09 Å². The first-order valence-electron chi connectivity index (χ1n) is 8.38. The van der Waals surface area contributed by atoms with Gasteiger partial charge < -0.3 is 9.30 Å². The summed E-state index contributed by atoms with van der Waals surface area (Å²) < 4.78 is 29.7. The van der Waals surface area contributed by atoms with Gasteiger partial charge in [0.2, 0.25) is 15.9 Å². The molecular formula is C16H22N4O5S2. The maximum Gasteiger partial charge on any atom is 0.413 e. The van der Waals surface area contributed by atoms with E-state index in [-0.39, 0.29) is 17.3 Å². The van der Waals surface area contributed by atoms with E-state index >= 15 is 0 Å². The van der Waals surface area contributed by atoms with Gasteiger partial charge in [0.15, 0.2) is 5.16 Å². The lowest BCUT2D eigenvalue weighted by atomic mass is 10.3. The minimum atomic E-state index is -3.83. The lowest BCUT2D eigenvalue weighted by Gasteiger charge is -2.08. The summed E-state index contributed by atoms with van der Waals surface area (Å²) in [5, 5.41) is 7.86. The van der Waals surface area contributed by atoms with Crippen molar-refractivity contribution in [2.45, 2.75) is 43.3 Å². The zero-order chi connectivity index (χ0) is 20.0. The summed E-state index contributed by atoms with van der Waals surface area (Å²) in [4.78, 5) is 27.6. The van der Waals surface area contributed by atoms with Gasteiger partial charge in [-0.2, -0.15) is 0 Å². The van der Waals surface area contributed by atoms with Crippen LogP contribution < -0.4 is 10.5 Å². The summed E-state index contributed by atoms with van der Waals surface area (Å²) in [6, 6.07) is 4.50. The fraction of sp³-hybridized carbons (Fsp3) is 0.438. The molecule has 0 bridgehead atoms. The molecule has 3 N–H and O–H groups in total. The third kappa shape index (κ3) is 5.68. The number of imide groups is 1. The molecule has 0 unspecified atom stereocenters. The number of ether oxygens (including phenoxy) is 1. The summed E-state index contributed by atoms with van der Waals surface area (Å²) in [5.74, 6) is -0.534. The normalized spacial score (nSPS) is 11.5. The second kappa shape index (κ2) is 9.20. The number of unbranched alkanes of at least 4 members (excludes halogenated alkanes) is 1. The van der Waals surface area contributed by atoms with Crippen LogP contribution in [0.2, 0.25) is 0 Å². The van der Waals surface area contributed by atoms with Crippen molar-refractivity contribution in [1.82, 2.24) is 14.9 Å². The number of aromatic nitrogens is 2. The zero-order valence-electron chi connectivity index (χ0n) is 15.1. The number of benzene rings is 1. The molecule has 0 saturated carbocycles. The predicted octanol–water partition coefficient (Wildman–Crippen LogP) is 1.85. The molecule has 2 aromatic rings. The van der Waals surface area contributed by atoms with Crippen LogP contribution in [-0.4, -0.2) is 42.3 Å². The Morgan fingerprint density at radius 1 is 1.33 bits per heavy atom. The van der Waals surface area contributed by atoms with Gasteiger partial charge in [-0.05, 0) is 31.5 Å². The van der Waals surface area contributed by atoms with Crippen LogP contribution in [0.1, 0.15) is 26.7 Å². The van der Waals surface area contributed by atoms with Gasteiger partial charge in [0.1, 0.15) is 0 Å². The van der Waals surface area contributed by atoms with Crippen LogP contribution in [-0.2, 0) is 26.1 Å². The number of carbonyl (C=O) groups excluding carboxylic acids is 2. The molecule has 0 saturated heterocycles. The van der Waals surface area contributed by atoms with Crippen molar-refractivity contribution in [3.05, 3.63) is 18.2 Å². The average molecular weight is 415 g/mol. The third-order valence-corrected chi connectivity index (χ3v) is 5.49. The number of fused-ring (bicyclic) bond motifs is 1. The topological polar surface area (TPSA) is 133 Å². The number of alkyl carbamates (subject to hydrolysis) is 1. The summed E-state index contributed by atoms with van der Waals surface area (Å²) in [7, 11) is -3.83. The molecule has 0 aliphatic heterocycles. The van der Waals surface area contributed by atoms with Gasteiger partial charge in [0, 0.05) is 6.54 Å². The van der Waals surface area contributed by atoms with Crippen molar-refractivity contribution in [3.63, 3.8) is 0 Å². The fourth-order valence-corrected chi connectivity index (χ4v) is 3.73. The molecule has 0 aliphatic rings. The van der Waals surface area contributed by atoms with E-state index < -0.39 is 22.0 Å². The predicted molar refractivity (Wildman–Crippen MR) is 102 cm³/mol. The summed E-state index contributed by atoms with van der Waals surface area (Å²) >= 11 is 1.16. The van der Waals surface area contributed by atoms with E-state index in [9.17, 15) is 18.0 Å². The van der Waals surface area contributed by atoms with Crippen LogP contribution in [0.3, 0.4) is 0 Å². The maximum absolute atomic E-state index is 11.9. The maximum atomic E-state index is 11.9. The number of hydrogen-bond acceptors (Lipinski definition) is 7. The molecule has 148 valence electrons. The highest BCUT2D eigenvalue weighted by Gasteiger charge is 2.17. The lowest BCUT2D eigenvalue weighted by molar-refractivity contribution is -0.117. The van der Waals surface area contributed by atoms with Gasteiger partial charge in [0.05, 0.1) is 28.3 Å². The summed E-state index contributed by atoms with van der Waals surface area (Å²) in [6.07, 6.45) is 1.06. The quantitative estimate of drug-likeness (QED) is 0.630. The molecule has 11 heteroatoms. The molecule has 0 spiro atoms. The van der Waals surface area contributed by atoms with Crippen molar-refractivity contribution in [3.8, 4) is 0 Å². The van der Waals surface area contributed by atoms with E-state index in [0.29, 0.717) is 17.2 Å². The highest BCUT2D eigenvalue weighted by molar-refractivity contribution is 7.99. The molecule has 2 rings (SSSR count). The van der Waals surface area contributed by atoms with Gasteiger partial charge in [-0.1, -0.05) is 25.1 Å². The van der Waals surface area contributed by atoms with E-state index in [1.165, 1.54) is 12.1 Å². The third-order valence-electron chi connectivity index (χ3n) is 3.60. The summed E-state index contributed by atoms with van der Waals surface area (Å²) in [6.45, 7) is 4.54. The van der Waals surface area contributed by atoms with E-state index in [2.05, 4.69) is 22.0 Å². The Bertz CT molecular complexity index is 940. The Kier molecular flexibility index (Phi) is 7.22. The number of primary sulfonamides is 1. The van der Waals surface area contributed by atoms with Crippen LogP contribution >= 0.6 is 11.8 Å². The van der Waals surface area contributed by atoms with Gasteiger partial charge in [-0.25, -0.2) is 23.3 Å². The number of hydrogen-bond donors (Lipinski definition) is 2. The molecule has 9 nitrogen and oxygen atoms in total. The highest BCUT2D eigenvalue weighted by Crippen LogP contribution is 2.26. The molecule has 0 aliphatic carbocycles. The van der Waals surface area contributed by atoms with Crippen molar-refractivity contribution in [2.75, 3.05) is 12.4 Å². The van der Waals surface area contributed by atoms with E-state index in [0.717, 1.165) is 30.1 Å². The smallest absolute Gasteiger partial charge is 0.413 e. The van der Waals surface area contributed by atoms with Gasteiger partial charge in [0.25, 0.3) is 0 Å². The standard InChI is InChI=1S/C16H22N4O5S2/c1-3-5-8-20-13-7-6-11(27(17,23)24)9-12(13)18-15(20)26-10-14(21)19-16(22)25-4-2/h6-7,9H,3-5,8,10H2,1-2H3,(H2,17,23,24)(H,19,21,22). The zero-order valence-corrected chi connectivity index (χ0v) is 16.7. The van der Waals surface area contributed by atoms with Gasteiger partial charge in [-0.15, -0.1) is 0 Å². The monoisotopic (exact) mass is 414 g/mol. The molecule has 0 fully saturated rings. The number of nitrogens with one attached hydrogen (secondary N) is 1. The number of sulfonamides is 1. The number of thioether (sulfide) groups is 1. The average Bonchev–Trinajstić information content (AvgIpc) is 2.94. The van der Waals surface area contributed by atoms with Crippen molar-refractivity contribution in [2.24, 2.45) is 5.14 Å². The number of imidazole rings is 1. The van der Waals surface area contributed by atoms with Crippen LogP contribution in [0.15, 0.2) is 28.3 Å². The van der Waals surface area contributed by atoms with Crippen LogP contribution in [0.4, 0.5) is 4.79 Å². The molecule has 2 amide bonds. The lowest BCUT2D eigenvalue weighted by Crippen LogP contribution is -2.32.